The molecule has 1 aromatic rings. The van der Waals surface area contributed by atoms with Crippen LogP contribution in [0.5, 0.6) is 0 Å². The third-order valence-electron chi connectivity index (χ3n) is 2.40. The van der Waals surface area contributed by atoms with Crippen LogP contribution in [0.15, 0.2) is 18.5 Å². The van der Waals surface area contributed by atoms with E-state index >= 15 is 0 Å². The molecule has 3 nitrogen and oxygen atoms in total. The highest BCUT2D eigenvalue weighted by Gasteiger charge is 2.42. The van der Waals surface area contributed by atoms with E-state index in [-0.39, 0.29) is 5.92 Å². The Hall–Kier alpha value is -1.25. The Morgan fingerprint density at radius 1 is 1.75 bits per heavy atom. The molecule has 1 aromatic heterocycles. The van der Waals surface area contributed by atoms with E-state index < -0.39 is 5.97 Å². The zero-order valence-electron chi connectivity index (χ0n) is 6.66. The van der Waals surface area contributed by atoms with Crippen LogP contribution >= 0.6 is 0 Å². The standard InChI is InChI=1S/C9H11NO2/c11-9(12)8-4-7(8)3-6-1-2-10-5-6/h1-2,5,7-8,10H,3-4H2,(H,11,12). The summed E-state index contributed by atoms with van der Waals surface area (Å²) in [7, 11) is 0. The SMILES string of the molecule is O=C(O)C1CC1Cc1cc[nH]c1. The van der Waals surface area contributed by atoms with Gasteiger partial charge in [-0.05, 0) is 30.4 Å². The first-order valence-corrected chi connectivity index (χ1v) is 4.12. The van der Waals surface area contributed by atoms with Crippen LogP contribution in [0.25, 0.3) is 0 Å². The number of aromatic amines is 1. The van der Waals surface area contributed by atoms with Gasteiger partial charge >= 0.3 is 5.97 Å². The molecule has 3 heteroatoms. The molecule has 1 aliphatic carbocycles. The average Bonchev–Trinajstić information content (AvgIpc) is 2.57. The molecule has 1 saturated carbocycles. The highest BCUT2D eigenvalue weighted by Crippen LogP contribution is 2.40. The summed E-state index contributed by atoms with van der Waals surface area (Å²) in [5.41, 5.74) is 1.21. The number of hydrogen-bond acceptors (Lipinski definition) is 1. The number of carbonyl (C=O) groups is 1. The Morgan fingerprint density at radius 3 is 3.08 bits per heavy atom. The highest BCUT2D eigenvalue weighted by atomic mass is 16.4. The number of rotatable bonds is 3. The number of carboxylic acid groups (broad SMARTS) is 1. The van der Waals surface area contributed by atoms with Crippen molar-refractivity contribution in [1.29, 1.82) is 0 Å². The minimum absolute atomic E-state index is 0.0834. The van der Waals surface area contributed by atoms with Gasteiger partial charge in [0.25, 0.3) is 0 Å². The van der Waals surface area contributed by atoms with Gasteiger partial charge in [0.1, 0.15) is 0 Å². The van der Waals surface area contributed by atoms with Crippen LogP contribution < -0.4 is 0 Å². The first-order valence-electron chi connectivity index (χ1n) is 4.12. The Labute approximate surface area is 70.4 Å². The maximum Gasteiger partial charge on any atom is 0.306 e. The second-order valence-electron chi connectivity index (χ2n) is 3.36. The maximum atomic E-state index is 10.5. The van der Waals surface area contributed by atoms with Gasteiger partial charge in [-0.1, -0.05) is 0 Å². The van der Waals surface area contributed by atoms with Gasteiger partial charge in [0.05, 0.1) is 5.92 Å². The first kappa shape index (κ1) is 7.40. The lowest BCUT2D eigenvalue weighted by Crippen LogP contribution is -2.00. The van der Waals surface area contributed by atoms with Crippen molar-refractivity contribution >= 4 is 5.97 Å². The summed E-state index contributed by atoms with van der Waals surface area (Å²) in [6.07, 6.45) is 5.55. The topological polar surface area (TPSA) is 53.1 Å². The average molecular weight is 165 g/mol. The maximum absolute atomic E-state index is 10.5. The molecule has 1 heterocycles. The van der Waals surface area contributed by atoms with E-state index in [1.807, 2.05) is 18.5 Å². The second-order valence-corrected chi connectivity index (χ2v) is 3.36. The van der Waals surface area contributed by atoms with Gasteiger partial charge in [0.2, 0.25) is 0 Å². The summed E-state index contributed by atoms with van der Waals surface area (Å²) in [6.45, 7) is 0. The Kier molecular flexibility index (Phi) is 1.64. The van der Waals surface area contributed by atoms with Gasteiger partial charge in [-0.25, -0.2) is 0 Å². The van der Waals surface area contributed by atoms with Gasteiger partial charge in [0, 0.05) is 12.4 Å². The lowest BCUT2D eigenvalue weighted by molar-refractivity contribution is -0.138. The summed E-state index contributed by atoms with van der Waals surface area (Å²) in [6, 6.07) is 2.00. The van der Waals surface area contributed by atoms with E-state index in [1.165, 1.54) is 5.56 Å². The molecular weight excluding hydrogens is 154 g/mol. The fraction of sp³-hybridized carbons (Fsp3) is 0.444. The molecule has 0 aromatic carbocycles. The second kappa shape index (κ2) is 2.66. The molecule has 0 spiro atoms. The van der Waals surface area contributed by atoms with Crippen LogP contribution in [0.4, 0.5) is 0 Å². The lowest BCUT2D eigenvalue weighted by Gasteiger charge is -1.92. The summed E-state index contributed by atoms with van der Waals surface area (Å²) >= 11 is 0. The van der Waals surface area contributed by atoms with Crippen LogP contribution in [-0.4, -0.2) is 16.1 Å². The van der Waals surface area contributed by atoms with Gasteiger partial charge in [0.15, 0.2) is 0 Å². The van der Waals surface area contributed by atoms with E-state index in [0.717, 1.165) is 12.8 Å². The normalized spacial score (nSPS) is 27.0. The van der Waals surface area contributed by atoms with Crippen molar-refractivity contribution in [2.24, 2.45) is 11.8 Å². The largest absolute Gasteiger partial charge is 0.481 e. The van der Waals surface area contributed by atoms with Crippen LogP contribution in [0, 0.1) is 11.8 Å². The van der Waals surface area contributed by atoms with Crippen molar-refractivity contribution in [3.05, 3.63) is 24.0 Å². The van der Waals surface area contributed by atoms with Crippen molar-refractivity contribution in [3.63, 3.8) is 0 Å². The van der Waals surface area contributed by atoms with Crippen LogP contribution in [0.3, 0.4) is 0 Å². The molecule has 2 N–H and O–H groups in total. The molecule has 0 amide bonds. The molecule has 64 valence electrons. The molecule has 12 heavy (non-hydrogen) atoms. The van der Waals surface area contributed by atoms with E-state index in [0.29, 0.717) is 5.92 Å². The summed E-state index contributed by atoms with van der Waals surface area (Å²) < 4.78 is 0. The Morgan fingerprint density at radius 2 is 2.58 bits per heavy atom. The van der Waals surface area contributed by atoms with Crippen LogP contribution in [0.2, 0.25) is 0 Å². The number of carboxylic acids is 1. The molecule has 0 aliphatic heterocycles. The number of hydrogen-bond donors (Lipinski definition) is 2. The Bertz CT molecular complexity index is 279. The molecule has 1 fully saturated rings. The van der Waals surface area contributed by atoms with Gasteiger partial charge < -0.3 is 10.1 Å². The zero-order chi connectivity index (χ0) is 8.55. The van der Waals surface area contributed by atoms with Crippen molar-refractivity contribution in [1.82, 2.24) is 4.98 Å². The minimum Gasteiger partial charge on any atom is -0.481 e. The van der Waals surface area contributed by atoms with Gasteiger partial charge in [-0.15, -0.1) is 0 Å². The quantitative estimate of drug-likeness (QED) is 0.708. The van der Waals surface area contributed by atoms with Gasteiger partial charge in [-0.3, -0.25) is 4.79 Å². The Balaban J connectivity index is 1.88. The summed E-state index contributed by atoms with van der Waals surface area (Å²) in [5.74, 6) is -0.353. The van der Waals surface area contributed by atoms with E-state index in [4.69, 9.17) is 5.11 Å². The third kappa shape index (κ3) is 1.35. The third-order valence-corrected chi connectivity index (χ3v) is 2.40. The number of aliphatic carboxylic acids is 1. The van der Waals surface area contributed by atoms with E-state index in [2.05, 4.69) is 4.98 Å². The predicted molar refractivity (Wildman–Crippen MR) is 43.7 cm³/mol. The van der Waals surface area contributed by atoms with Crippen LogP contribution in [0.1, 0.15) is 12.0 Å². The fourth-order valence-electron chi connectivity index (χ4n) is 1.56. The summed E-state index contributed by atoms with van der Waals surface area (Å²) in [4.78, 5) is 13.5. The first-order chi connectivity index (χ1) is 5.77. The van der Waals surface area contributed by atoms with Crippen molar-refractivity contribution < 1.29 is 9.90 Å². The molecule has 1 aliphatic rings. The molecule has 2 unspecified atom stereocenters. The fourth-order valence-corrected chi connectivity index (χ4v) is 1.56. The molecule has 2 rings (SSSR count). The molecular formula is C9H11NO2. The number of H-pyrrole nitrogens is 1. The molecule has 2 atom stereocenters. The molecule has 0 bridgehead atoms. The van der Waals surface area contributed by atoms with Crippen LogP contribution in [-0.2, 0) is 11.2 Å². The van der Waals surface area contributed by atoms with Crippen molar-refractivity contribution in [3.8, 4) is 0 Å². The predicted octanol–water partition coefficient (Wildman–Crippen LogP) is 1.28. The highest BCUT2D eigenvalue weighted by molar-refractivity contribution is 5.73. The number of nitrogens with one attached hydrogen (secondary N) is 1. The van der Waals surface area contributed by atoms with Crippen molar-refractivity contribution in [2.45, 2.75) is 12.8 Å². The van der Waals surface area contributed by atoms with Crippen molar-refractivity contribution in [2.75, 3.05) is 0 Å². The van der Waals surface area contributed by atoms with Gasteiger partial charge in [-0.2, -0.15) is 0 Å². The minimum atomic E-state index is -0.643. The molecule has 0 saturated heterocycles. The number of aromatic nitrogens is 1. The molecule has 0 radical (unpaired) electrons. The van der Waals surface area contributed by atoms with E-state index in [9.17, 15) is 4.79 Å². The monoisotopic (exact) mass is 165 g/mol. The zero-order valence-corrected chi connectivity index (χ0v) is 6.66. The lowest BCUT2D eigenvalue weighted by atomic mass is 10.1. The summed E-state index contributed by atoms with van der Waals surface area (Å²) in [5, 5.41) is 8.64. The van der Waals surface area contributed by atoms with E-state index in [1.54, 1.807) is 0 Å². The smallest absolute Gasteiger partial charge is 0.306 e.